The van der Waals surface area contributed by atoms with E-state index >= 15 is 0 Å². The second-order valence-corrected chi connectivity index (χ2v) is 8.62. The molecule has 8 rings (SSSR count). The van der Waals surface area contributed by atoms with E-state index < -0.39 is 0 Å². The lowest BCUT2D eigenvalue weighted by atomic mass is 9.35. The standard InChI is InChI=1S/C28H16BN3O2/c1-3-11-22-17(7-1)29-18-8-2-4-12-23(18)34-28-21(13-14-24(33-22)25(28)29)32-19-9-5-15-30-26(19)27-20(32)10-6-16-31-27/h1-16H. The van der Waals surface area contributed by atoms with E-state index in [0.717, 1.165) is 67.1 Å². The molecule has 2 aliphatic rings. The summed E-state index contributed by atoms with van der Waals surface area (Å²) < 4.78 is 15.2. The maximum Gasteiger partial charge on any atom is 0.260 e. The van der Waals surface area contributed by atoms with Crippen molar-refractivity contribution in [2.45, 2.75) is 0 Å². The van der Waals surface area contributed by atoms with E-state index in [0.29, 0.717) is 0 Å². The number of ether oxygens (including phenoxy) is 2. The molecule has 0 spiro atoms. The Morgan fingerprint density at radius 3 is 1.88 bits per heavy atom. The van der Waals surface area contributed by atoms with Crippen LogP contribution in [0.5, 0.6) is 23.0 Å². The molecule has 0 saturated heterocycles. The van der Waals surface area contributed by atoms with E-state index in [2.05, 4.69) is 63.1 Å². The average molecular weight is 437 g/mol. The van der Waals surface area contributed by atoms with E-state index in [1.54, 1.807) is 0 Å². The van der Waals surface area contributed by atoms with Crippen LogP contribution in [0.1, 0.15) is 0 Å². The van der Waals surface area contributed by atoms with Gasteiger partial charge in [0.15, 0.2) is 0 Å². The molecule has 0 bridgehead atoms. The lowest BCUT2D eigenvalue weighted by Gasteiger charge is -2.34. The van der Waals surface area contributed by atoms with Gasteiger partial charge >= 0.3 is 0 Å². The molecule has 5 heterocycles. The van der Waals surface area contributed by atoms with Crippen molar-refractivity contribution in [3.8, 4) is 28.7 Å². The van der Waals surface area contributed by atoms with Crippen molar-refractivity contribution in [1.82, 2.24) is 14.5 Å². The molecular formula is C28H16BN3O2. The number of aromatic nitrogens is 3. The first-order valence-corrected chi connectivity index (χ1v) is 11.3. The molecule has 34 heavy (non-hydrogen) atoms. The predicted molar refractivity (Wildman–Crippen MR) is 134 cm³/mol. The van der Waals surface area contributed by atoms with Crippen molar-refractivity contribution in [2.24, 2.45) is 0 Å². The Balaban J connectivity index is 1.49. The van der Waals surface area contributed by atoms with Crippen molar-refractivity contribution in [1.29, 1.82) is 0 Å². The summed E-state index contributed by atoms with van der Waals surface area (Å²) in [5.41, 5.74) is 8.02. The van der Waals surface area contributed by atoms with Gasteiger partial charge in [-0.25, -0.2) is 0 Å². The minimum atomic E-state index is 0.0317. The number of pyridine rings is 2. The number of hydrogen-bond acceptors (Lipinski definition) is 4. The van der Waals surface area contributed by atoms with Gasteiger partial charge in [0.05, 0.1) is 16.7 Å². The van der Waals surface area contributed by atoms with Gasteiger partial charge in [0.1, 0.15) is 34.0 Å². The monoisotopic (exact) mass is 437 g/mol. The normalized spacial score (nSPS) is 13.1. The van der Waals surface area contributed by atoms with Crippen molar-refractivity contribution in [2.75, 3.05) is 0 Å². The van der Waals surface area contributed by atoms with Gasteiger partial charge in [0, 0.05) is 17.9 Å². The van der Waals surface area contributed by atoms with Gasteiger partial charge in [-0.05, 0) is 59.5 Å². The SMILES string of the molecule is c1ccc2c(c1)Oc1ccc(-n3c4cccnc4c4ncccc43)c3c1B2c1ccccc1O3. The Hall–Kier alpha value is -4.58. The van der Waals surface area contributed by atoms with Crippen LogP contribution in [0.15, 0.2) is 97.3 Å². The molecule has 5 nitrogen and oxygen atoms in total. The molecule has 6 aromatic rings. The van der Waals surface area contributed by atoms with Gasteiger partial charge in [0.25, 0.3) is 6.71 Å². The molecule has 2 aliphatic heterocycles. The van der Waals surface area contributed by atoms with E-state index in [1.165, 1.54) is 0 Å². The summed E-state index contributed by atoms with van der Waals surface area (Å²) in [6.07, 6.45) is 3.62. The molecule has 0 fully saturated rings. The molecular weight excluding hydrogens is 421 g/mol. The maximum absolute atomic E-state index is 6.65. The Labute approximate surface area is 195 Å². The number of benzene rings is 3. The summed E-state index contributed by atoms with van der Waals surface area (Å²) in [5.74, 6) is 3.39. The fourth-order valence-electron chi connectivity index (χ4n) is 5.46. The Bertz CT molecular complexity index is 1730. The van der Waals surface area contributed by atoms with Crippen molar-refractivity contribution < 1.29 is 9.47 Å². The highest BCUT2D eigenvalue weighted by atomic mass is 16.5. The Morgan fingerprint density at radius 2 is 1.21 bits per heavy atom. The highest BCUT2D eigenvalue weighted by Crippen LogP contribution is 2.40. The predicted octanol–water partition coefficient (Wildman–Crippen LogP) is 4.30. The molecule has 0 aliphatic carbocycles. The van der Waals surface area contributed by atoms with Crippen LogP contribution in [0, 0.1) is 0 Å². The summed E-state index contributed by atoms with van der Waals surface area (Å²) in [6, 6.07) is 28.8. The zero-order valence-electron chi connectivity index (χ0n) is 18.0. The van der Waals surface area contributed by atoms with Crippen LogP contribution in [0.2, 0.25) is 0 Å². The minimum Gasteiger partial charge on any atom is -0.458 e. The molecule has 0 saturated carbocycles. The molecule has 3 aromatic carbocycles. The van der Waals surface area contributed by atoms with Crippen LogP contribution in [0.25, 0.3) is 27.8 Å². The Kier molecular flexibility index (Phi) is 3.42. The van der Waals surface area contributed by atoms with Crippen LogP contribution in [-0.2, 0) is 0 Å². The lowest BCUT2D eigenvalue weighted by molar-refractivity contribution is 0.463. The van der Waals surface area contributed by atoms with E-state index in [4.69, 9.17) is 9.47 Å². The molecule has 0 atom stereocenters. The molecule has 0 unspecified atom stereocenters. The first-order valence-electron chi connectivity index (χ1n) is 11.3. The third kappa shape index (κ3) is 2.24. The number of hydrogen-bond donors (Lipinski definition) is 0. The summed E-state index contributed by atoms with van der Waals surface area (Å²) in [5, 5.41) is 0. The first-order chi connectivity index (χ1) is 16.9. The van der Waals surface area contributed by atoms with Crippen LogP contribution in [-0.4, -0.2) is 21.2 Å². The van der Waals surface area contributed by atoms with Gasteiger partial charge in [-0.1, -0.05) is 36.4 Å². The van der Waals surface area contributed by atoms with Crippen molar-refractivity contribution in [3.63, 3.8) is 0 Å². The Morgan fingerprint density at radius 1 is 0.588 bits per heavy atom. The third-order valence-electron chi connectivity index (χ3n) is 6.84. The van der Waals surface area contributed by atoms with E-state index in [1.807, 2.05) is 48.8 Å². The van der Waals surface area contributed by atoms with E-state index in [-0.39, 0.29) is 6.71 Å². The van der Waals surface area contributed by atoms with E-state index in [9.17, 15) is 0 Å². The summed E-state index contributed by atoms with van der Waals surface area (Å²) in [6.45, 7) is 0.0317. The molecule has 0 radical (unpaired) electrons. The topological polar surface area (TPSA) is 49.2 Å². The fraction of sp³-hybridized carbons (Fsp3) is 0. The van der Waals surface area contributed by atoms with Gasteiger partial charge in [-0.15, -0.1) is 0 Å². The summed E-state index contributed by atoms with van der Waals surface area (Å²) in [7, 11) is 0. The zero-order chi connectivity index (χ0) is 22.2. The number of nitrogens with zero attached hydrogens (tertiary/aromatic N) is 3. The van der Waals surface area contributed by atoms with Gasteiger partial charge in [-0.3, -0.25) is 9.97 Å². The largest absolute Gasteiger partial charge is 0.458 e. The van der Waals surface area contributed by atoms with Crippen LogP contribution in [0.4, 0.5) is 0 Å². The van der Waals surface area contributed by atoms with Gasteiger partial charge in [0.2, 0.25) is 0 Å². The number of fused-ring (bicyclic) bond motifs is 7. The molecule has 3 aromatic heterocycles. The van der Waals surface area contributed by atoms with Crippen LogP contribution in [0.3, 0.4) is 0 Å². The molecule has 0 N–H and O–H groups in total. The second kappa shape index (κ2) is 6.48. The summed E-state index contributed by atoms with van der Waals surface area (Å²) >= 11 is 0. The second-order valence-electron chi connectivity index (χ2n) is 8.62. The third-order valence-corrected chi connectivity index (χ3v) is 6.84. The molecule has 158 valence electrons. The highest BCUT2D eigenvalue weighted by molar-refractivity contribution is 6.98. The molecule has 0 amide bonds. The smallest absolute Gasteiger partial charge is 0.260 e. The van der Waals surface area contributed by atoms with Gasteiger partial charge < -0.3 is 14.0 Å². The summed E-state index contributed by atoms with van der Waals surface area (Å²) in [4.78, 5) is 9.29. The van der Waals surface area contributed by atoms with Crippen LogP contribution >= 0.6 is 0 Å². The minimum absolute atomic E-state index is 0.0317. The lowest BCUT2D eigenvalue weighted by Crippen LogP contribution is -2.57. The highest BCUT2D eigenvalue weighted by Gasteiger charge is 2.41. The van der Waals surface area contributed by atoms with Crippen molar-refractivity contribution in [3.05, 3.63) is 97.3 Å². The molecule has 6 heteroatoms. The fourth-order valence-corrected chi connectivity index (χ4v) is 5.46. The quantitative estimate of drug-likeness (QED) is 0.360. The maximum atomic E-state index is 6.65. The first kappa shape index (κ1) is 17.9. The number of rotatable bonds is 1. The average Bonchev–Trinajstić information content (AvgIpc) is 3.23. The zero-order valence-corrected chi connectivity index (χ0v) is 18.0. The van der Waals surface area contributed by atoms with Gasteiger partial charge in [-0.2, -0.15) is 0 Å². The number of para-hydroxylation sites is 2. The van der Waals surface area contributed by atoms with Crippen molar-refractivity contribution >= 4 is 45.2 Å². The van der Waals surface area contributed by atoms with Crippen LogP contribution < -0.4 is 25.9 Å².